The fourth-order valence-corrected chi connectivity index (χ4v) is 2.36. The zero-order chi connectivity index (χ0) is 19.2. The summed E-state index contributed by atoms with van der Waals surface area (Å²) in [6.45, 7) is 5.54. The van der Waals surface area contributed by atoms with Crippen LogP contribution in [-0.4, -0.2) is 42.8 Å². The Hall–Kier alpha value is -2.61. The third kappa shape index (κ3) is 6.36. The Balaban J connectivity index is 1.89. The standard InChI is InChI=1S/C18H25N3O5/c1-18(2,3)26-17(24)19-11-15(22)20-12-7-4-5-8-13(12)21-16(23)14-9-6-10-25-14/h4-5,7-8,14H,6,9-11H2,1-3H3,(H,19,24)(H,20,22)(H,21,23). The molecule has 0 radical (unpaired) electrons. The molecule has 1 fully saturated rings. The minimum Gasteiger partial charge on any atom is -0.444 e. The van der Waals surface area contributed by atoms with Gasteiger partial charge in [-0.2, -0.15) is 0 Å². The fourth-order valence-electron chi connectivity index (χ4n) is 2.36. The molecule has 8 heteroatoms. The summed E-state index contributed by atoms with van der Waals surface area (Å²) in [4.78, 5) is 35.8. The van der Waals surface area contributed by atoms with Crippen LogP contribution in [0, 0.1) is 0 Å². The molecule has 3 N–H and O–H groups in total. The summed E-state index contributed by atoms with van der Waals surface area (Å²) in [5.74, 6) is -0.675. The van der Waals surface area contributed by atoms with Gasteiger partial charge in [0.2, 0.25) is 5.91 Å². The number of carbonyl (C=O) groups excluding carboxylic acids is 3. The molecule has 1 heterocycles. The third-order valence-electron chi connectivity index (χ3n) is 3.47. The lowest BCUT2D eigenvalue weighted by Crippen LogP contribution is -2.37. The van der Waals surface area contributed by atoms with Gasteiger partial charge in [-0.15, -0.1) is 0 Å². The van der Waals surface area contributed by atoms with Crippen molar-refractivity contribution in [2.45, 2.75) is 45.3 Å². The molecule has 0 spiro atoms. The summed E-state index contributed by atoms with van der Waals surface area (Å²) in [6.07, 6.45) is 0.396. The van der Waals surface area contributed by atoms with Crippen LogP contribution in [0.3, 0.4) is 0 Å². The van der Waals surface area contributed by atoms with Crippen molar-refractivity contribution in [3.8, 4) is 0 Å². The molecule has 0 aromatic heterocycles. The van der Waals surface area contributed by atoms with Crippen molar-refractivity contribution < 1.29 is 23.9 Å². The van der Waals surface area contributed by atoms with Gasteiger partial charge in [0.05, 0.1) is 11.4 Å². The summed E-state index contributed by atoms with van der Waals surface area (Å²) in [5, 5.41) is 7.81. The van der Waals surface area contributed by atoms with Crippen molar-refractivity contribution in [2.75, 3.05) is 23.8 Å². The molecule has 0 saturated carbocycles. The number of para-hydroxylation sites is 2. The Bertz CT molecular complexity index is 663. The second-order valence-electron chi connectivity index (χ2n) is 6.94. The second kappa shape index (κ2) is 8.66. The Morgan fingerprint density at radius 1 is 1.15 bits per heavy atom. The Labute approximate surface area is 152 Å². The molecule has 3 amide bonds. The fraction of sp³-hybridized carbons (Fsp3) is 0.500. The van der Waals surface area contributed by atoms with Crippen molar-refractivity contribution in [3.63, 3.8) is 0 Å². The van der Waals surface area contributed by atoms with E-state index in [9.17, 15) is 14.4 Å². The topological polar surface area (TPSA) is 106 Å². The maximum atomic E-state index is 12.2. The van der Waals surface area contributed by atoms with Gasteiger partial charge in [-0.3, -0.25) is 9.59 Å². The first kappa shape index (κ1) is 19.7. The SMILES string of the molecule is CC(C)(C)OC(=O)NCC(=O)Nc1ccccc1NC(=O)C1CCCO1. The van der Waals surface area contributed by atoms with Crippen LogP contribution in [0.25, 0.3) is 0 Å². The molecule has 1 saturated heterocycles. The van der Waals surface area contributed by atoms with Crippen LogP contribution >= 0.6 is 0 Å². The van der Waals surface area contributed by atoms with Crippen LogP contribution in [0.1, 0.15) is 33.6 Å². The quantitative estimate of drug-likeness (QED) is 0.744. The predicted molar refractivity (Wildman–Crippen MR) is 96.9 cm³/mol. The van der Waals surface area contributed by atoms with Crippen LogP contribution in [0.4, 0.5) is 16.2 Å². The zero-order valence-electron chi connectivity index (χ0n) is 15.3. The summed E-state index contributed by atoms with van der Waals surface area (Å²) in [7, 11) is 0. The van der Waals surface area contributed by atoms with Crippen molar-refractivity contribution in [2.24, 2.45) is 0 Å². The summed E-state index contributed by atoms with van der Waals surface area (Å²) < 4.78 is 10.4. The summed E-state index contributed by atoms with van der Waals surface area (Å²) >= 11 is 0. The molecular weight excluding hydrogens is 338 g/mol. The molecule has 1 unspecified atom stereocenters. The first-order valence-corrected chi connectivity index (χ1v) is 8.53. The largest absolute Gasteiger partial charge is 0.444 e. The first-order chi connectivity index (χ1) is 12.2. The number of alkyl carbamates (subject to hydrolysis) is 1. The van der Waals surface area contributed by atoms with Crippen LogP contribution in [0.2, 0.25) is 0 Å². The lowest BCUT2D eigenvalue weighted by Gasteiger charge is -2.19. The average Bonchev–Trinajstić information content (AvgIpc) is 3.08. The molecule has 0 bridgehead atoms. The number of ether oxygens (including phenoxy) is 2. The molecule has 1 aromatic rings. The van der Waals surface area contributed by atoms with Gasteiger partial charge < -0.3 is 25.4 Å². The summed E-state index contributed by atoms with van der Waals surface area (Å²) in [5.41, 5.74) is 0.271. The number of amides is 3. The maximum Gasteiger partial charge on any atom is 0.408 e. The third-order valence-corrected chi connectivity index (χ3v) is 3.47. The monoisotopic (exact) mass is 363 g/mol. The van der Waals surface area contributed by atoms with Gasteiger partial charge in [0.1, 0.15) is 18.2 Å². The van der Waals surface area contributed by atoms with Gasteiger partial charge in [0.15, 0.2) is 0 Å². The minimum absolute atomic E-state index is 0.240. The van der Waals surface area contributed by atoms with Gasteiger partial charge in [0.25, 0.3) is 5.91 Å². The molecule has 26 heavy (non-hydrogen) atoms. The van der Waals surface area contributed by atoms with Gasteiger partial charge >= 0.3 is 6.09 Å². The van der Waals surface area contributed by atoms with Crippen molar-refractivity contribution in [3.05, 3.63) is 24.3 Å². The summed E-state index contributed by atoms with van der Waals surface area (Å²) in [6, 6.07) is 6.83. The second-order valence-corrected chi connectivity index (χ2v) is 6.94. The normalized spacial score (nSPS) is 16.7. The van der Waals surface area contributed by atoms with Crippen molar-refractivity contribution in [1.82, 2.24) is 5.32 Å². The van der Waals surface area contributed by atoms with E-state index in [2.05, 4.69) is 16.0 Å². The van der Waals surface area contributed by atoms with E-state index < -0.39 is 23.7 Å². The van der Waals surface area contributed by atoms with Gasteiger partial charge in [0, 0.05) is 6.61 Å². The maximum absolute atomic E-state index is 12.2. The number of hydrogen-bond donors (Lipinski definition) is 3. The molecule has 1 atom stereocenters. The molecule has 2 rings (SSSR count). The average molecular weight is 363 g/mol. The van der Waals surface area contributed by atoms with Gasteiger partial charge in [-0.1, -0.05) is 12.1 Å². The van der Waals surface area contributed by atoms with E-state index in [-0.39, 0.29) is 12.5 Å². The first-order valence-electron chi connectivity index (χ1n) is 8.53. The van der Waals surface area contributed by atoms with E-state index in [1.54, 1.807) is 45.0 Å². The van der Waals surface area contributed by atoms with E-state index in [0.717, 1.165) is 6.42 Å². The highest BCUT2D eigenvalue weighted by atomic mass is 16.6. The predicted octanol–water partition coefficient (Wildman–Crippen LogP) is 2.27. The van der Waals surface area contributed by atoms with Crippen LogP contribution in [-0.2, 0) is 19.1 Å². The Morgan fingerprint density at radius 2 is 1.81 bits per heavy atom. The number of nitrogens with one attached hydrogen (secondary N) is 3. The van der Waals surface area contributed by atoms with E-state index in [1.807, 2.05) is 0 Å². The molecule has 1 aromatic carbocycles. The zero-order valence-corrected chi connectivity index (χ0v) is 15.3. The highest BCUT2D eigenvalue weighted by Crippen LogP contribution is 2.22. The highest BCUT2D eigenvalue weighted by Gasteiger charge is 2.24. The van der Waals surface area contributed by atoms with E-state index in [4.69, 9.17) is 9.47 Å². The molecule has 0 aliphatic carbocycles. The minimum atomic E-state index is -0.673. The van der Waals surface area contributed by atoms with Gasteiger partial charge in [-0.05, 0) is 45.7 Å². The van der Waals surface area contributed by atoms with E-state index >= 15 is 0 Å². The molecule has 1 aliphatic rings. The van der Waals surface area contributed by atoms with Gasteiger partial charge in [-0.25, -0.2) is 4.79 Å². The smallest absolute Gasteiger partial charge is 0.408 e. The number of carbonyl (C=O) groups is 3. The van der Waals surface area contributed by atoms with Crippen LogP contribution in [0.5, 0.6) is 0 Å². The molecule has 1 aliphatic heterocycles. The molecule has 8 nitrogen and oxygen atoms in total. The molecule has 142 valence electrons. The van der Waals surface area contributed by atoms with Crippen LogP contribution < -0.4 is 16.0 Å². The lowest BCUT2D eigenvalue weighted by molar-refractivity contribution is -0.124. The Kier molecular flexibility index (Phi) is 6.57. The van der Waals surface area contributed by atoms with Crippen molar-refractivity contribution in [1.29, 1.82) is 0 Å². The Morgan fingerprint density at radius 3 is 2.38 bits per heavy atom. The number of hydrogen-bond acceptors (Lipinski definition) is 5. The highest BCUT2D eigenvalue weighted by molar-refractivity contribution is 6.01. The lowest BCUT2D eigenvalue weighted by atomic mass is 10.2. The number of benzene rings is 1. The molecular formula is C18H25N3O5. The van der Waals surface area contributed by atoms with Crippen molar-refractivity contribution >= 4 is 29.3 Å². The van der Waals surface area contributed by atoms with E-state index in [0.29, 0.717) is 24.4 Å². The van der Waals surface area contributed by atoms with E-state index in [1.165, 1.54) is 0 Å². The number of anilines is 2. The van der Waals surface area contributed by atoms with Crippen LogP contribution in [0.15, 0.2) is 24.3 Å². The number of rotatable bonds is 5.